The second-order valence-electron chi connectivity index (χ2n) is 5.65. The lowest BCUT2D eigenvalue weighted by atomic mass is 10.1. The topological polar surface area (TPSA) is 90.4 Å². The molecule has 0 fully saturated rings. The van der Waals surface area contributed by atoms with E-state index in [1.807, 2.05) is 20.8 Å². The first-order valence-corrected chi connectivity index (χ1v) is 6.61. The van der Waals surface area contributed by atoms with E-state index in [2.05, 4.69) is 10.5 Å². The molecule has 2 aromatic rings. The van der Waals surface area contributed by atoms with Crippen molar-refractivity contribution in [3.05, 3.63) is 41.8 Å². The number of nitrogens with one attached hydrogen (secondary N) is 1. The number of nitrogens with two attached hydrogens (primary N) is 1. The van der Waals surface area contributed by atoms with Crippen LogP contribution < -0.4 is 11.1 Å². The van der Waals surface area contributed by atoms with Gasteiger partial charge in [-0.05, 0) is 39.0 Å². The van der Waals surface area contributed by atoms with Crippen LogP contribution >= 0.6 is 0 Å². The summed E-state index contributed by atoms with van der Waals surface area (Å²) in [5.41, 5.74) is 7.76. The Bertz CT molecular complexity index is 616. The molecule has 0 atom stereocenters. The first-order chi connectivity index (χ1) is 9.85. The minimum atomic E-state index is -0.535. The fraction of sp³-hybridized carbons (Fsp3) is 0.333. The zero-order valence-corrected chi connectivity index (χ0v) is 12.3. The van der Waals surface area contributed by atoms with Crippen molar-refractivity contribution < 1.29 is 14.1 Å². The van der Waals surface area contributed by atoms with Crippen LogP contribution in [0.4, 0.5) is 11.4 Å². The zero-order valence-electron chi connectivity index (χ0n) is 12.3. The molecule has 6 nitrogen and oxygen atoms in total. The molecule has 21 heavy (non-hydrogen) atoms. The van der Waals surface area contributed by atoms with E-state index in [0.29, 0.717) is 23.5 Å². The molecule has 3 N–H and O–H groups in total. The third-order valence-electron chi connectivity index (χ3n) is 2.64. The van der Waals surface area contributed by atoms with Crippen LogP contribution in [0.15, 0.2) is 35.1 Å². The Labute approximate surface area is 123 Å². The number of carbonyl (C=O) groups is 1. The molecule has 0 aliphatic heterocycles. The molecule has 2 rings (SSSR count). The van der Waals surface area contributed by atoms with Gasteiger partial charge in [0, 0.05) is 6.07 Å². The molecule has 0 spiro atoms. The third-order valence-corrected chi connectivity index (χ3v) is 2.64. The maximum Gasteiger partial charge on any atom is 0.338 e. The summed E-state index contributed by atoms with van der Waals surface area (Å²) in [6.45, 7) is 5.93. The van der Waals surface area contributed by atoms with Crippen molar-refractivity contribution in [3.63, 3.8) is 0 Å². The monoisotopic (exact) mass is 289 g/mol. The molecule has 0 aliphatic carbocycles. The fourth-order valence-electron chi connectivity index (χ4n) is 1.69. The average Bonchev–Trinajstić information content (AvgIpc) is 2.88. The first-order valence-electron chi connectivity index (χ1n) is 6.61. The van der Waals surface area contributed by atoms with Crippen LogP contribution in [0.25, 0.3) is 0 Å². The van der Waals surface area contributed by atoms with Crippen LogP contribution in [0.2, 0.25) is 0 Å². The number of benzene rings is 1. The lowest BCUT2D eigenvalue weighted by Crippen LogP contribution is -2.24. The molecule has 0 radical (unpaired) electrons. The summed E-state index contributed by atoms with van der Waals surface area (Å²) in [4.78, 5) is 12.0. The number of ether oxygens (including phenoxy) is 1. The maximum absolute atomic E-state index is 12.0. The molecule has 6 heteroatoms. The number of hydrogen-bond acceptors (Lipinski definition) is 6. The molecule has 0 amide bonds. The van der Waals surface area contributed by atoms with E-state index in [0.717, 1.165) is 5.69 Å². The molecule has 0 saturated carbocycles. The van der Waals surface area contributed by atoms with E-state index in [9.17, 15) is 4.79 Å². The molecule has 112 valence electrons. The molecular weight excluding hydrogens is 270 g/mol. The minimum absolute atomic E-state index is 0.382. The largest absolute Gasteiger partial charge is 0.456 e. The number of carbonyl (C=O) groups excluding carboxylic acids is 1. The normalized spacial score (nSPS) is 11.2. The van der Waals surface area contributed by atoms with Crippen LogP contribution in [0, 0.1) is 0 Å². The summed E-state index contributed by atoms with van der Waals surface area (Å²) < 4.78 is 10.1. The van der Waals surface area contributed by atoms with Crippen molar-refractivity contribution >= 4 is 17.3 Å². The number of nitrogen functional groups attached to an aromatic ring is 1. The Hall–Kier alpha value is -2.50. The van der Waals surface area contributed by atoms with E-state index < -0.39 is 5.60 Å². The summed E-state index contributed by atoms with van der Waals surface area (Å²) >= 11 is 0. The second kappa shape index (κ2) is 5.87. The molecule has 0 aliphatic rings. The van der Waals surface area contributed by atoms with Crippen LogP contribution in [-0.4, -0.2) is 16.7 Å². The van der Waals surface area contributed by atoms with Gasteiger partial charge in [-0.3, -0.25) is 0 Å². The second-order valence-corrected chi connectivity index (χ2v) is 5.65. The van der Waals surface area contributed by atoms with Crippen molar-refractivity contribution in [2.24, 2.45) is 0 Å². The summed E-state index contributed by atoms with van der Waals surface area (Å²) in [5, 5.41) is 6.92. The molecule has 0 saturated heterocycles. The quantitative estimate of drug-likeness (QED) is 0.664. The summed E-state index contributed by atoms with van der Waals surface area (Å²) in [5.74, 6) is -0.382. The van der Waals surface area contributed by atoms with Gasteiger partial charge < -0.3 is 20.3 Å². The Morgan fingerprint density at radius 1 is 1.38 bits per heavy atom. The molecule has 0 bridgehead atoms. The highest BCUT2D eigenvalue weighted by Gasteiger charge is 2.18. The first kappa shape index (κ1) is 14.9. The lowest BCUT2D eigenvalue weighted by molar-refractivity contribution is 0.00696. The van der Waals surface area contributed by atoms with Gasteiger partial charge in [0.15, 0.2) is 0 Å². The minimum Gasteiger partial charge on any atom is -0.456 e. The number of hydrogen-bond donors (Lipinski definition) is 2. The average molecular weight is 289 g/mol. The molecule has 1 heterocycles. The van der Waals surface area contributed by atoms with Crippen molar-refractivity contribution in [1.82, 2.24) is 5.16 Å². The highest BCUT2D eigenvalue weighted by molar-refractivity contribution is 5.92. The van der Waals surface area contributed by atoms with Gasteiger partial charge in [-0.1, -0.05) is 5.16 Å². The van der Waals surface area contributed by atoms with E-state index in [1.54, 1.807) is 24.3 Å². The van der Waals surface area contributed by atoms with Crippen LogP contribution in [0.1, 0.15) is 36.8 Å². The number of anilines is 2. The fourth-order valence-corrected chi connectivity index (χ4v) is 1.69. The van der Waals surface area contributed by atoms with Crippen molar-refractivity contribution in [3.8, 4) is 0 Å². The van der Waals surface area contributed by atoms with Gasteiger partial charge in [-0.15, -0.1) is 0 Å². The lowest BCUT2D eigenvalue weighted by Gasteiger charge is -2.20. The summed E-state index contributed by atoms with van der Waals surface area (Å²) in [6.07, 6.45) is 1.50. The van der Waals surface area contributed by atoms with E-state index in [-0.39, 0.29) is 5.97 Å². The van der Waals surface area contributed by atoms with Crippen LogP contribution in [-0.2, 0) is 11.3 Å². The highest BCUT2D eigenvalue weighted by atomic mass is 16.6. The van der Waals surface area contributed by atoms with Gasteiger partial charge in [0.2, 0.25) is 0 Å². The van der Waals surface area contributed by atoms with Gasteiger partial charge in [-0.25, -0.2) is 4.79 Å². The Balaban J connectivity index is 2.11. The number of rotatable bonds is 4. The van der Waals surface area contributed by atoms with Crippen molar-refractivity contribution in [2.75, 3.05) is 11.1 Å². The van der Waals surface area contributed by atoms with Gasteiger partial charge in [-0.2, -0.15) is 0 Å². The van der Waals surface area contributed by atoms with Gasteiger partial charge >= 0.3 is 5.97 Å². The third kappa shape index (κ3) is 4.24. The van der Waals surface area contributed by atoms with E-state index >= 15 is 0 Å². The van der Waals surface area contributed by atoms with Gasteiger partial charge in [0.25, 0.3) is 0 Å². The molecular formula is C15H19N3O3. The maximum atomic E-state index is 12.0. The SMILES string of the molecule is CC(C)(C)OC(=O)c1ccc(N)c(NCc2ccon2)c1. The van der Waals surface area contributed by atoms with E-state index in [1.165, 1.54) is 6.26 Å². The Kier molecular flexibility index (Phi) is 4.16. The Morgan fingerprint density at radius 3 is 2.76 bits per heavy atom. The smallest absolute Gasteiger partial charge is 0.338 e. The van der Waals surface area contributed by atoms with Crippen LogP contribution in [0.3, 0.4) is 0 Å². The van der Waals surface area contributed by atoms with E-state index in [4.69, 9.17) is 15.0 Å². The van der Waals surface area contributed by atoms with Crippen molar-refractivity contribution in [2.45, 2.75) is 32.9 Å². The molecule has 1 aromatic heterocycles. The zero-order chi connectivity index (χ0) is 15.5. The number of esters is 1. The van der Waals surface area contributed by atoms with Crippen LogP contribution in [0.5, 0.6) is 0 Å². The van der Waals surface area contributed by atoms with Gasteiger partial charge in [0.1, 0.15) is 17.6 Å². The summed E-state index contributed by atoms with van der Waals surface area (Å²) in [6, 6.07) is 6.74. The standard InChI is InChI=1S/C15H19N3O3/c1-15(2,3)21-14(19)10-4-5-12(16)13(8-10)17-9-11-6-7-20-18-11/h4-8,17H,9,16H2,1-3H3. The number of nitrogens with zero attached hydrogens (tertiary/aromatic N) is 1. The highest BCUT2D eigenvalue weighted by Crippen LogP contribution is 2.22. The molecule has 1 aromatic carbocycles. The molecule has 0 unspecified atom stereocenters. The Morgan fingerprint density at radius 2 is 2.14 bits per heavy atom. The van der Waals surface area contributed by atoms with Crippen molar-refractivity contribution in [1.29, 1.82) is 0 Å². The predicted octanol–water partition coefficient (Wildman–Crippen LogP) is 2.82. The van der Waals surface area contributed by atoms with Gasteiger partial charge in [0.05, 0.1) is 23.5 Å². The number of aromatic nitrogens is 1. The summed E-state index contributed by atoms with van der Waals surface area (Å²) in [7, 11) is 0. The predicted molar refractivity (Wildman–Crippen MR) is 79.9 cm³/mol.